The highest BCUT2D eigenvalue weighted by Crippen LogP contribution is 2.39. The summed E-state index contributed by atoms with van der Waals surface area (Å²) in [5.41, 5.74) is 5.22. The van der Waals surface area contributed by atoms with Crippen LogP contribution in [0.15, 0.2) is 48.7 Å². The number of aromatic amines is 2. The van der Waals surface area contributed by atoms with Crippen LogP contribution in [0.3, 0.4) is 0 Å². The fourth-order valence-electron chi connectivity index (χ4n) is 8.07. The molecule has 0 saturated carbocycles. The normalized spacial score (nSPS) is 19.4. The first-order valence-electron chi connectivity index (χ1n) is 19.9. The molecule has 2 aliphatic rings. The lowest BCUT2D eigenvalue weighted by atomic mass is 10.0. The van der Waals surface area contributed by atoms with Crippen molar-refractivity contribution in [2.45, 2.75) is 90.1 Å². The van der Waals surface area contributed by atoms with Crippen LogP contribution in [0.2, 0.25) is 38.3 Å². The number of ether oxygens (including phenoxy) is 2. The van der Waals surface area contributed by atoms with E-state index in [2.05, 4.69) is 69.7 Å². The first-order chi connectivity index (χ1) is 27.4. The van der Waals surface area contributed by atoms with Crippen molar-refractivity contribution in [1.82, 2.24) is 40.4 Å². The molecule has 308 valence electrons. The number of H-pyrrole nitrogens is 2. The molecule has 4 N–H and O–H groups in total. The lowest BCUT2D eigenvalue weighted by Gasteiger charge is -2.30. The van der Waals surface area contributed by atoms with Crippen LogP contribution in [0, 0.1) is 23.7 Å². The summed E-state index contributed by atoms with van der Waals surface area (Å²) in [5, 5.41) is 5.46. The van der Waals surface area contributed by atoms with Gasteiger partial charge in [0, 0.05) is 17.9 Å². The Bertz CT molecular complexity index is 2240. The number of rotatable bonds is 9. The standard InChI is InChI=1S/C42H56N8O6Si2/c1-25(2)35(47-41(53)55-5)39(51)49-23-57(7,8)21-33(49)37-43-20-30(44-37)17-13-27-11-14-28(15-12-27)29-16-18-31-32(19-29)46-38(45-31)34-22-58(9,10)24-50(34)40(52)36(26(3)4)48-42(54)56-6/h11-12,14-16,18-20,25-26,33-36H,21-24H2,1-10H3,(H,43,44)(H,45,46)(H,47,53)(H,48,54)/t33-,34-,35-,36-/m0/s1. The lowest BCUT2D eigenvalue weighted by Crippen LogP contribution is -2.52. The highest BCUT2D eigenvalue weighted by atomic mass is 28.3. The zero-order valence-electron chi connectivity index (χ0n) is 35.1. The van der Waals surface area contributed by atoms with Crippen molar-refractivity contribution in [3.63, 3.8) is 0 Å². The summed E-state index contributed by atoms with van der Waals surface area (Å²) < 4.78 is 9.60. The van der Waals surface area contributed by atoms with Gasteiger partial charge in [-0.05, 0) is 65.2 Å². The molecule has 4 heterocycles. The van der Waals surface area contributed by atoms with Gasteiger partial charge in [-0.25, -0.2) is 19.6 Å². The Hall–Kier alpha value is -5.41. The maximum absolute atomic E-state index is 13.9. The molecule has 14 nitrogen and oxygen atoms in total. The predicted octanol–water partition coefficient (Wildman–Crippen LogP) is 6.38. The van der Waals surface area contributed by atoms with E-state index in [1.165, 1.54) is 14.2 Å². The molecule has 2 aromatic carbocycles. The highest BCUT2D eigenvalue weighted by Gasteiger charge is 2.47. The first kappa shape index (κ1) is 42.2. The van der Waals surface area contributed by atoms with Gasteiger partial charge < -0.3 is 39.9 Å². The second-order valence-corrected chi connectivity index (χ2v) is 27.9. The Balaban J connectivity index is 1.16. The van der Waals surface area contributed by atoms with Gasteiger partial charge in [0.1, 0.15) is 29.4 Å². The van der Waals surface area contributed by atoms with E-state index < -0.39 is 40.4 Å². The number of nitrogens with zero attached hydrogens (tertiary/aromatic N) is 4. The minimum Gasteiger partial charge on any atom is -0.453 e. The number of amides is 4. The van der Waals surface area contributed by atoms with E-state index in [0.717, 1.165) is 45.6 Å². The Morgan fingerprint density at radius 3 is 1.78 bits per heavy atom. The summed E-state index contributed by atoms with van der Waals surface area (Å²) in [4.78, 5) is 72.1. The molecule has 4 aromatic rings. The van der Waals surface area contributed by atoms with Crippen molar-refractivity contribution in [2.75, 3.05) is 26.6 Å². The van der Waals surface area contributed by atoms with Crippen LogP contribution in [0.25, 0.3) is 22.2 Å². The summed E-state index contributed by atoms with van der Waals surface area (Å²) in [6.07, 6.45) is 1.80. The summed E-state index contributed by atoms with van der Waals surface area (Å²) >= 11 is 0. The number of imidazole rings is 2. The van der Waals surface area contributed by atoms with Crippen LogP contribution in [0.4, 0.5) is 9.59 Å². The fraction of sp³-hybridized carbons (Fsp3) is 0.476. The molecule has 4 atom stereocenters. The third kappa shape index (κ3) is 9.31. The number of aromatic nitrogens is 4. The van der Waals surface area contributed by atoms with Gasteiger partial charge in [-0.1, -0.05) is 78.0 Å². The van der Waals surface area contributed by atoms with Gasteiger partial charge in [-0.15, -0.1) is 0 Å². The van der Waals surface area contributed by atoms with E-state index >= 15 is 0 Å². The number of alkyl carbamates (subject to hydrolysis) is 2. The van der Waals surface area contributed by atoms with Gasteiger partial charge in [0.25, 0.3) is 0 Å². The van der Waals surface area contributed by atoms with Crippen LogP contribution in [0.5, 0.6) is 0 Å². The van der Waals surface area contributed by atoms with E-state index in [-0.39, 0.29) is 35.7 Å². The number of benzene rings is 2. The van der Waals surface area contributed by atoms with Crippen LogP contribution in [-0.2, 0) is 19.1 Å². The molecule has 0 bridgehead atoms. The van der Waals surface area contributed by atoms with Crippen molar-refractivity contribution >= 4 is 51.2 Å². The zero-order valence-corrected chi connectivity index (χ0v) is 37.1. The Labute approximate surface area is 342 Å². The predicted molar refractivity (Wildman–Crippen MR) is 228 cm³/mol. The van der Waals surface area contributed by atoms with E-state index in [9.17, 15) is 19.2 Å². The molecular weight excluding hydrogens is 769 g/mol. The number of hydrogen-bond donors (Lipinski definition) is 4. The van der Waals surface area contributed by atoms with Gasteiger partial charge in [-0.3, -0.25) is 9.59 Å². The monoisotopic (exact) mass is 824 g/mol. The van der Waals surface area contributed by atoms with Gasteiger partial charge in [0.05, 0.1) is 59.7 Å². The van der Waals surface area contributed by atoms with Crippen LogP contribution in [-0.4, -0.2) is 109 Å². The molecule has 6 rings (SSSR count). The molecule has 0 spiro atoms. The van der Waals surface area contributed by atoms with Crippen molar-refractivity contribution in [2.24, 2.45) is 11.8 Å². The summed E-state index contributed by atoms with van der Waals surface area (Å²) in [6, 6.07) is 14.0. The third-order valence-corrected chi connectivity index (χ3v) is 16.5. The van der Waals surface area contributed by atoms with Gasteiger partial charge in [0.2, 0.25) is 11.8 Å². The number of hydrogen-bond acceptors (Lipinski definition) is 8. The smallest absolute Gasteiger partial charge is 0.407 e. The average Bonchev–Trinajstić information content (AvgIpc) is 3.97. The van der Waals surface area contributed by atoms with Crippen LogP contribution in [0.1, 0.15) is 62.7 Å². The van der Waals surface area contributed by atoms with Crippen molar-refractivity contribution in [3.8, 4) is 23.0 Å². The largest absolute Gasteiger partial charge is 0.453 e. The molecule has 16 heteroatoms. The summed E-state index contributed by atoms with van der Waals surface area (Å²) in [7, 11) is -0.922. The molecule has 2 aromatic heterocycles. The maximum atomic E-state index is 13.9. The van der Waals surface area contributed by atoms with Crippen LogP contribution < -0.4 is 10.6 Å². The van der Waals surface area contributed by atoms with E-state index in [0.29, 0.717) is 23.9 Å². The van der Waals surface area contributed by atoms with Crippen molar-refractivity contribution in [3.05, 3.63) is 71.6 Å². The summed E-state index contributed by atoms with van der Waals surface area (Å²) in [5.74, 6) is 7.39. The number of carbonyl (C=O) groups excluding carboxylic acids is 4. The Kier molecular flexibility index (Phi) is 12.2. The quantitative estimate of drug-likeness (QED) is 0.111. The number of fused-ring (bicyclic) bond motifs is 1. The minimum absolute atomic E-state index is 0.116. The molecule has 0 radical (unpaired) electrons. The van der Waals surface area contributed by atoms with Crippen molar-refractivity contribution in [1.29, 1.82) is 0 Å². The average molecular weight is 825 g/mol. The molecule has 0 unspecified atom stereocenters. The molecule has 58 heavy (non-hydrogen) atoms. The number of nitrogens with one attached hydrogen (secondary N) is 4. The maximum Gasteiger partial charge on any atom is 0.407 e. The SMILES string of the molecule is COC(=O)N[C@H](C(=O)N1C[Si](C)(C)C[C@H]1c1ncc(C#Cc2ccc(-c3ccc4nc([C@@H]5C[Si](C)(C)CN5C(=O)[C@@H](NC(=O)OC)C(C)C)[nH]c4c3)cc2)[nH]1)C(C)C. The van der Waals surface area contributed by atoms with Crippen molar-refractivity contribution < 1.29 is 28.7 Å². The summed E-state index contributed by atoms with van der Waals surface area (Å²) in [6.45, 7) is 16.7. The second kappa shape index (κ2) is 16.8. The van der Waals surface area contributed by atoms with Gasteiger partial charge >= 0.3 is 12.2 Å². The second-order valence-electron chi connectivity index (χ2n) is 17.8. The van der Waals surface area contributed by atoms with E-state index in [1.54, 1.807) is 6.20 Å². The molecule has 4 amide bonds. The van der Waals surface area contributed by atoms with Gasteiger partial charge in [-0.2, -0.15) is 0 Å². The van der Waals surface area contributed by atoms with Crippen LogP contribution >= 0.6 is 0 Å². The highest BCUT2D eigenvalue weighted by molar-refractivity contribution is 6.79. The number of methoxy groups -OCH3 is 2. The number of carbonyl (C=O) groups is 4. The minimum atomic E-state index is -1.76. The first-order valence-corrected chi connectivity index (χ1v) is 26.7. The van der Waals surface area contributed by atoms with Gasteiger partial charge in [0.15, 0.2) is 0 Å². The molecule has 2 aliphatic heterocycles. The molecule has 2 fully saturated rings. The lowest BCUT2D eigenvalue weighted by molar-refractivity contribution is -0.135. The van der Waals surface area contributed by atoms with E-state index in [1.807, 2.05) is 73.9 Å². The fourth-order valence-corrected chi connectivity index (χ4v) is 13.8. The van der Waals surface area contributed by atoms with E-state index in [4.69, 9.17) is 14.5 Å². The Morgan fingerprint density at radius 2 is 1.26 bits per heavy atom. The third-order valence-electron chi connectivity index (χ3n) is 11.1. The molecule has 2 saturated heterocycles. The topological polar surface area (TPSA) is 175 Å². The molecule has 0 aliphatic carbocycles. The zero-order chi connectivity index (χ0) is 42.1. The molecular formula is C42H56N8O6Si2. The Morgan fingerprint density at radius 1 is 0.741 bits per heavy atom.